The van der Waals surface area contributed by atoms with Crippen LogP contribution >= 0.6 is 11.8 Å². The number of carbonyl (C=O) groups is 2. The maximum Gasteiger partial charge on any atom is 0.257 e. The van der Waals surface area contributed by atoms with Gasteiger partial charge in [0.15, 0.2) is 11.5 Å². The molecule has 11 heteroatoms. The molecule has 4 rings (SSSR count). The van der Waals surface area contributed by atoms with Crippen molar-refractivity contribution >= 4 is 29.4 Å². The number of fused-ring (bicyclic) bond motifs is 1. The Balaban J connectivity index is 1.55. The zero-order valence-electron chi connectivity index (χ0n) is 18.5. The number of furan rings is 1. The summed E-state index contributed by atoms with van der Waals surface area (Å²) in [6.07, 6.45) is 1.55. The van der Waals surface area contributed by atoms with Gasteiger partial charge in [-0.1, -0.05) is 0 Å². The molecule has 0 saturated heterocycles. The van der Waals surface area contributed by atoms with Crippen molar-refractivity contribution in [2.45, 2.75) is 24.6 Å². The van der Waals surface area contributed by atoms with E-state index in [1.54, 1.807) is 42.3 Å². The zero-order valence-corrected chi connectivity index (χ0v) is 19.3. The molecule has 0 fully saturated rings. The largest absolute Gasteiger partial charge is 0.493 e. The van der Waals surface area contributed by atoms with Crippen molar-refractivity contribution in [1.29, 1.82) is 0 Å². The number of benzene rings is 1. The second kappa shape index (κ2) is 9.90. The van der Waals surface area contributed by atoms with Crippen molar-refractivity contribution in [3.8, 4) is 17.2 Å². The third-order valence-electron chi connectivity index (χ3n) is 5.11. The van der Waals surface area contributed by atoms with Gasteiger partial charge in [-0.15, -0.1) is 0 Å². The first-order valence-electron chi connectivity index (χ1n) is 10.1. The maximum absolute atomic E-state index is 13.1. The molecule has 0 unspecified atom stereocenters. The van der Waals surface area contributed by atoms with E-state index in [1.165, 1.54) is 26.0 Å². The summed E-state index contributed by atoms with van der Waals surface area (Å²) in [6.45, 7) is 0.235. The molecule has 0 radical (unpaired) electrons. The number of anilines is 1. The van der Waals surface area contributed by atoms with Gasteiger partial charge >= 0.3 is 0 Å². The van der Waals surface area contributed by atoms with Crippen LogP contribution in [0.25, 0.3) is 0 Å². The minimum atomic E-state index is -0.383. The Kier molecular flexibility index (Phi) is 6.78. The smallest absolute Gasteiger partial charge is 0.257 e. The summed E-state index contributed by atoms with van der Waals surface area (Å²) >= 11 is 1.70. The number of rotatable bonds is 9. The molecular weight excluding hydrogens is 448 g/mol. The number of methoxy groups -OCH3 is 3. The molecule has 2 amide bonds. The quantitative estimate of drug-likeness (QED) is 0.488. The Hall–Kier alpha value is -3.60. The number of thioether (sulfide) groups is 1. The molecule has 10 nitrogen and oxygen atoms in total. The van der Waals surface area contributed by atoms with E-state index in [9.17, 15) is 9.59 Å². The van der Waals surface area contributed by atoms with E-state index < -0.39 is 0 Å². The van der Waals surface area contributed by atoms with Crippen molar-refractivity contribution < 1.29 is 28.2 Å². The van der Waals surface area contributed by atoms with Gasteiger partial charge in [0, 0.05) is 22.6 Å². The monoisotopic (exact) mass is 472 g/mol. The molecule has 2 N–H and O–H groups in total. The van der Waals surface area contributed by atoms with Crippen LogP contribution in [0, 0.1) is 0 Å². The van der Waals surface area contributed by atoms with Gasteiger partial charge < -0.3 is 29.3 Å². The fourth-order valence-electron chi connectivity index (χ4n) is 3.50. The molecular formula is C22H24N4O6S. The van der Waals surface area contributed by atoms with Crippen molar-refractivity contribution in [2.75, 3.05) is 26.6 Å². The van der Waals surface area contributed by atoms with Crippen LogP contribution in [0.5, 0.6) is 17.2 Å². The molecule has 0 atom stereocenters. The number of aromatic nitrogens is 2. The van der Waals surface area contributed by atoms with E-state index >= 15 is 0 Å². The molecule has 3 aromatic rings. The molecule has 0 spiro atoms. The lowest BCUT2D eigenvalue weighted by atomic mass is 10.1. The predicted molar refractivity (Wildman–Crippen MR) is 122 cm³/mol. The van der Waals surface area contributed by atoms with Gasteiger partial charge in [0.05, 0.1) is 39.8 Å². The summed E-state index contributed by atoms with van der Waals surface area (Å²) in [5.41, 5.74) is 2.09. The topological polar surface area (TPSA) is 117 Å². The van der Waals surface area contributed by atoms with Crippen LogP contribution in [0.1, 0.15) is 27.4 Å². The Morgan fingerprint density at radius 3 is 2.55 bits per heavy atom. The van der Waals surface area contributed by atoms with Crippen molar-refractivity contribution in [3.05, 3.63) is 53.1 Å². The molecule has 1 aliphatic rings. The minimum absolute atomic E-state index is 0.0384. The molecule has 0 aliphatic carbocycles. The molecule has 0 saturated carbocycles. The fourth-order valence-corrected chi connectivity index (χ4v) is 4.54. The highest BCUT2D eigenvalue weighted by Crippen LogP contribution is 2.39. The Morgan fingerprint density at radius 1 is 1.15 bits per heavy atom. The Bertz CT molecular complexity index is 1130. The first-order chi connectivity index (χ1) is 16.0. The highest BCUT2D eigenvalue weighted by atomic mass is 32.2. The number of hydrogen-bond donors (Lipinski definition) is 2. The van der Waals surface area contributed by atoms with Crippen molar-refractivity contribution in [2.24, 2.45) is 0 Å². The van der Waals surface area contributed by atoms with Gasteiger partial charge in [-0.3, -0.25) is 9.59 Å². The van der Waals surface area contributed by atoms with E-state index in [4.69, 9.17) is 18.6 Å². The second-order valence-corrected chi connectivity index (χ2v) is 8.13. The van der Waals surface area contributed by atoms with Crippen LogP contribution in [0.4, 0.5) is 5.82 Å². The van der Waals surface area contributed by atoms with Crippen LogP contribution in [0.3, 0.4) is 0 Å². The van der Waals surface area contributed by atoms with E-state index in [2.05, 4.69) is 15.7 Å². The van der Waals surface area contributed by atoms with Crippen LogP contribution in [-0.4, -0.2) is 42.9 Å². The SMILES string of the molecule is COc1cc(C(=O)Nc2c3c(nn2CC(=O)NCc2ccco2)CSC3)cc(OC)c1OC. The summed E-state index contributed by atoms with van der Waals surface area (Å²) in [4.78, 5) is 25.6. The minimum Gasteiger partial charge on any atom is -0.493 e. The molecule has 1 aromatic carbocycles. The van der Waals surface area contributed by atoms with Gasteiger partial charge in [-0.05, 0) is 24.3 Å². The summed E-state index contributed by atoms with van der Waals surface area (Å²) < 4.78 is 22.8. The normalized spacial score (nSPS) is 12.2. The number of hydrogen-bond acceptors (Lipinski definition) is 8. The second-order valence-electron chi connectivity index (χ2n) is 7.15. The van der Waals surface area contributed by atoms with Crippen LogP contribution in [0.15, 0.2) is 34.9 Å². The van der Waals surface area contributed by atoms with Crippen molar-refractivity contribution in [1.82, 2.24) is 15.1 Å². The molecule has 33 heavy (non-hydrogen) atoms. The highest BCUT2D eigenvalue weighted by molar-refractivity contribution is 7.98. The fraction of sp³-hybridized carbons (Fsp3) is 0.318. The summed E-state index contributed by atoms with van der Waals surface area (Å²) in [6, 6.07) is 6.68. The van der Waals surface area contributed by atoms with Gasteiger partial charge in [0.1, 0.15) is 18.1 Å². The zero-order chi connectivity index (χ0) is 23.4. The lowest BCUT2D eigenvalue weighted by Crippen LogP contribution is -2.28. The average Bonchev–Trinajstić information content (AvgIpc) is 3.56. The van der Waals surface area contributed by atoms with E-state index in [-0.39, 0.29) is 24.9 Å². The molecule has 2 aromatic heterocycles. The first-order valence-corrected chi connectivity index (χ1v) is 11.3. The van der Waals surface area contributed by atoms with E-state index in [1.807, 2.05) is 0 Å². The van der Waals surface area contributed by atoms with Gasteiger partial charge in [0.2, 0.25) is 11.7 Å². The van der Waals surface area contributed by atoms with Crippen LogP contribution in [0.2, 0.25) is 0 Å². The first kappa shape index (κ1) is 22.6. The number of ether oxygens (including phenoxy) is 3. The maximum atomic E-state index is 13.1. The predicted octanol–water partition coefficient (Wildman–Crippen LogP) is 2.82. The lowest BCUT2D eigenvalue weighted by Gasteiger charge is -2.15. The molecule has 1 aliphatic heterocycles. The Morgan fingerprint density at radius 2 is 1.91 bits per heavy atom. The van der Waals surface area contributed by atoms with E-state index in [0.29, 0.717) is 40.1 Å². The Labute approximate surface area is 194 Å². The van der Waals surface area contributed by atoms with Crippen LogP contribution in [-0.2, 0) is 29.4 Å². The summed E-state index contributed by atoms with van der Waals surface area (Å²) in [5, 5.41) is 10.3. The number of nitrogens with zero attached hydrogens (tertiary/aromatic N) is 2. The standard InChI is InChI=1S/C22H24N4O6S/c1-29-17-7-13(8-18(30-2)20(17)31-3)22(28)24-21-15-11-33-12-16(15)25-26(21)10-19(27)23-9-14-5-4-6-32-14/h4-8H,9-12H2,1-3H3,(H,23,27)(H,24,28). The summed E-state index contributed by atoms with van der Waals surface area (Å²) in [5.74, 6) is 3.09. The molecule has 174 valence electrons. The third-order valence-corrected chi connectivity index (χ3v) is 6.08. The molecule has 3 heterocycles. The third kappa shape index (κ3) is 4.77. The van der Waals surface area contributed by atoms with Crippen LogP contribution < -0.4 is 24.8 Å². The average molecular weight is 473 g/mol. The van der Waals surface area contributed by atoms with E-state index in [0.717, 1.165) is 17.0 Å². The van der Waals surface area contributed by atoms with Gasteiger partial charge in [-0.25, -0.2) is 4.68 Å². The van der Waals surface area contributed by atoms with Gasteiger partial charge in [-0.2, -0.15) is 16.9 Å². The number of amides is 2. The summed E-state index contributed by atoms with van der Waals surface area (Å²) in [7, 11) is 4.47. The number of carbonyl (C=O) groups excluding carboxylic acids is 2. The molecule has 0 bridgehead atoms. The number of nitrogens with one attached hydrogen (secondary N) is 2. The highest BCUT2D eigenvalue weighted by Gasteiger charge is 2.26. The lowest BCUT2D eigenvalue weighted by molar-refractivity contribution is -0.122. The van der Waals surface area contributed by atoms with Gasteiger partial charge in [0.25, 0.3) is 5.91 Å². The van der Waals surface area contributed by atoms with Crippen molar-refractivity contribution in [3.63, 3.8) is 0 Å².